The van der Waals surface area contributed by atoms with Crippen molar-refractivity contribution in [3.05, 3.63) is 24.0 Å². The summed E-state index contributed by atoms with van der Waals surface area (Å²) in [6.07, 6.45) is 2.30. The number of nitrogens with one attached hydrogen (secondary N) is 1. The Morgan fingerprint density at radius 1 is 1.53 bits per heavy atom. The molecule has 0 amide bonds. The Labute approximate surface area is 101 Å². The van der Waals surface area contributed by atoms with E-state index < -0.39 is 0 Å². The van der Waals surface area contributed by atoms with Crippen LogP contribution in [0.1, 0.15) is 19.8 Å². The van der Waals surface area contributed by atoms with Crippen LogP contribution >= 0.6 is 0 Å². The van der Waals surface area contributed by atoms with Crippen LogP contribution in [0.15, 0.2) is 18.2 Å². The van der Waals surface area contributed by atoms with Crippen molar-refractivity contribution in [3.8, 4) is 5.75 Å². The third-order valence-electron chi connectivity index (χ3n) is 3.27. The monoisotopic (exact) mass is 238 g/mol. The maximum atomic E-state index is 13.6. The van der Waals surface area contributed by atoms with E-state index in [2.05, 4.69) is 5.32 Å². The number of hydrogen-bond acceptors (Lipinski definition) is 3. The average Bonchev–Trinajstić information content (AvgIpc) is 2.34. The third-order valence-corrected chi connectivity index (χ3v) is 3.27. The molecule has 4 heteroatoms. The van der Waals surface area contributed by atoms with Crippen LogP contribution in [-0.4, -0.2) is 19.2 Å². The largest absolute Gasteiger partial charge is 0.487 e. The fourth-order valence-electron chi connectivity index (χ4n) is 2.19. The summed E-state index contributed by atoms with van der Waals surface area (Å²) in [5.74, 6) is 0.346. The van der Waals surface area contributed by atoms with Crippen LogP contribution in [0, 0.1) is 11.7 Å². The smallest absolute Gasteiger partial charge is 0.167 e. The van der Waals surface area contributed by atoms with E-state index in [9.17, 15) is 4.39 Å². The summed E-state index contributed by atoms with van der Waals surface area (Å²) in [5.41, 5.74) is 5.91. The molecule has 0 aromatic heterocycles. The SMILES string of the molecule is CC(Oc1ccc(N)cc1F)C1CCCNC1. The molecule has 0 bridgehead atoms. The van der Waals surface area contributed by atoms with Crippen LogP contribution in [-0.2, 0) is 0 Å². The van der Waals surface area contributed by atoms with Crippen molar-refractivity contribution in [3.63, 3.8) is 0 Å². The predicted octanol–water partition coefficient (Wildman–Crippen LogP) is 2.17. The summed E-state index contributed by atoms with van der Waals surface area (Å²) in [7, 11) is 0. The van der Waals surface area contributed by atoms with Gasteiger partial charge in [0.15, 0.2) is 11.6 Å². The summed E-state index contributed by atoms with van der Waals surface area (Å²) in [6, 6.07) is 4.54. The van der Waals surface area contributed by atoms with E-state index in [4.69, 9.17) is 10.5 Å². The molecule has 2 atom stereocenters. The second-order valence-corrected chi connectivity index (χ2v) is 4.62. The molecule has 1 aromatic carbocycles. The molecule has 1 aromatic rings. The van der Waals surface area contributed by atoms with E-state index in [0.29, 0.717) is 11.6 Å². The minimum Gasteiger partial charge on any atom is -0.487 e. The standard InChI is InChI=1S/C13H19FN2O/c1-9(10-3-2-6-16-8-10)17-13-5-4-11(15)7-12(13)14/h4-5,7,9-10,16H,2-3,6,8,15H2,1H3. The first-order valence-electron chi connectivity index (χ1n) is 6.09. The van der Waals surface area contributed by atoms with Crippen LogP contribution in [0.4, 0.5) is 10.1 Å². The van der Waals surface area contributed by atoms with Crippen molar-refractivity contribution in [2.24, 2.45) is 5.92 Å². The maximum Gasteiger partial charge on any atom is 0.167 e. The highest BCUT2D eigenvalue weighted by atomic mass is 19.1. The highest BCUT2D eigenvalue weighted by Crippen LogP contribution is 2.24. The van der Waals surface area contributed by atoms with Gasteiger partial charge in [-0.25, -0.2) is 4.39 Å². The molecule has 17 heavy (non-hydrogen) atoms. The highest BCUT2D eigenvalue weighted by molar-refractivity contribution is 5.42. The first-order chi connectivity index (χ1) is 8.16. The predicted molar refractivity (Wildman–Crippen MR) is 66.5 cm³/mol. The lowest BCUT2D eigenvalue weighted by Crippen LogP contribution is -2.38. The number of halogens is 1. The van der Waals surface area contributed by atoms with Crippen molar-refractivity contribution in [1.82, 2.24) is 5.32 Å². The van der Waals surface area contributed by atoms with Gasteiger partial charge in [-0.1, -0.05) is 0 Å². The van der Waals surface area contributed by atoms with Crippen molar-refractivity contribution in [1.29, 1.82) is 0 Å². The molecule has 94 valence electrons. The van der Waals surface area contributed by atoms with Crippen molar-refractivity contribution < 1.29 is 9.13 Å². The van der Waals surface area contributed by atoms with Crippen molar-refractivity contribution >= 4 is 5.69 Å². The van der Waals surface area contributed by atoms with Crippen LogP contribution < -0.4 is 15.8 Å². The number of piperidine rings is 1. The second kappa shape index (κ2) is 5.36. The van der Waals surface area contributed by atoms with Gasteiger partial charge in [0.25, 0.3) is 0 Å². The molecular weight excluding hydrogens is 219 g/mol. The van der Waals surface area contributed by atoms with Gasteiger partial charge in [-0.15, -0.1) is 0 Å². The van der Waals surface area contributed by atoms with Gasteiger partial charge in [0.1, 0.15) is 6.10 Å². The molecular formula is C13H19FN2O. The second-order valence-electron chi connectivity index (χ2n) is 4.62. The van der Waals surface area contributed by atoms with Crippen LogP contribution in [0.5, 0.6) is 5.75 Å². The van der Waals surface area contributed by atoms with Gasteiger partial charge in [0.05, 0.1) is 0 Å². The summed E-state index contributed by atoms with van der Waals surface area (Å²) < 4.78 is 19.2. The van der Waals surface area contributed by atoms with Gasteiger partial charge in [-0.05, 0) is 38.4 Å². The highest BCUT2D eigenvalue weighted by Gasteiger charge is 2.22. The molecule has 1 aliphatic rings. The van der Waals surface area contributed by atoms with E-state index in [1.165, 1.54) is 6.07 Å². The zero-order valence-corrected chi connectivity index (χ0v) is 10.1. The quantitative estimate of drug-likeness (QED) is 0.793. The maximum absolute atomic E-state index is 13.6. The molecule has 3 nitrogen and oxygen atoms in total. The molecule has 0 saturated carbocycles. The molecule has 1 saturated heterocycles. The number of hydrogen-bond donors (Lipinski definition) is 2. The lowest BCUT2D eigenvalue weighted by atomic mass is 9.94. The summed E-state index contributed by atoms with van der Waals surface area (Å²) in [6.45, 7) is 4.00. The molecule has 1 heterocycles. The van der Waals surface area contributed by atoms with Gasteiger partial charge < -0.3 is 15.8 Å². The summed E-state index contributed by atoms with van der Waals surface area (Å²) in [4.78, 5) is 0. The number of ether oxygens (including phenoxy) is 1. The Morgan fingerprint density at radius 3 is 3.00 bits per heavy atom. The number of rotatable bonds is 3. The first kappa shape index (κ1) is 12.2. The molecule has 0 spiro atoms. The Balaban J connectivity index is 1.99. The molecule has 1 fully saturated rings. The van der Waals surface area contributed by atoms with Gasteiger partial charge >= 0.3 is 0 Å². The minimum atomic E-state index is -0.388. The molecule has 3 N–H and O–H groups in total. The average molecular weight is 238 g/mol. The van der Waals surface area contributed by atoms with Crippen LogP contribution in [0.2, 0.25) is 0 Å². The minimum absolute atomic E-state index is 0.0147. The van der Waals surface area contributed by atoms with E-state index in [-0.39, 0.29) is 17.7 Å². The van der Waals surface area contributed by atoms with E-state index in [0.717, 1.165) is 25.9 Å². The molecule has 0 radical (unpaired) electrons. The third kappa shape index (κ3) is 3.09. The lowest BCUT2D eigenvalue weighted by molar-refractivity contribution is 0.126. The van der Waals surface area contributed by atoms with Crippen LogP contribution in [0.3, 0.4) is 0 Å². The van der Waals surface area contributed by atoms with Crippen LogP contribution in [0.25, 0.3) is 0 Å². The van der Waals surface area contributed by atoms with E-state index in [1.54, 1.807) is 12.1 Å². The fraction of sp³-hybridized carbons (Fsp3) is 0.538. The Hall–Kier alpha value is -1.29. The number of anilines is 1. The number of benzene rings is 1. The van der Waals surface area contributed by atoms with Gasteiger partial charge in [0.2, 0.25) is 0 Å². The topological polar surface area (TPSA) is 47.3 Å². The zero-order chi connectivity index (χ0) is 12.3. The summed E-state index contributed by atoms with van der Waals surface area (Å²) >= 11 is 0. The molecule has 2 rings (SSSR count). The molecule has 0 aliphatic carbocycles. The Bertz CT molecular complexity index is 378. The van der Waals surface area contributed by atoms with Gasteiger partial charge in [0, 0.05) is 24.2 Å². The van der Waals surface area contributed by atoms with E-state index in [1.807, 2.05) is 6.92 Å². The fourth-order valence-corrected chi connectivity index (χ4v) is 2.19. The lowest BCUT2D eigenvalue weighted by Gasteiger charge is -2.28. The Morgan fingerprint density at radius 2 is 2.35 bits per heavy atom. The summed E-state index contributed by atoms with van der Waals surface area (Å²) in [5, 5.41) is 3.33. The molecule has 1 aliphatic heterocycles. The number of nitrogen functional groups attached to an aromatic ring is 1. The number of nitrogens with two attached hydrogens (primary N) is 1. The normalized spacial score (nSPS) is 22.1. The zero-order valence-electron chi connectivity index (χ0n) is 10.1. The van der Waals surface area contributed by atoms with E-state index >= 15 is 0 Å². The van der Waals surface area contributed by atoms with Crippen molar-refractivity contribution in [2.75, 3.05) is 18.8 Å². The molecule has 2 unspecified atom stereocenters. The van der Waals surface area contributed by atoms with Crippen molar-refractivity contribution in [2.45, 2.75) is 25.9 Å². The van der Waals surface area contributed by atoms with Gasteiger partial charge in [-0.3, -0.25) is 0 Å². The Kier molecular flexibility index (Phi) is 3.84. The first-order valence-corrected chi connectivity index (χ1v) is 6.09. The van der Waals surface area contributed by atoms with Gasteiger partial charge in [-0.2, -0.15) is 0 Å².